The first-order chi connectivity index (χ1) is 8.87. The molecule has 0 aromatic rings. The van der Waals surface area contributed by atoms with Crippen molar-refractivity contribution in [3.05, 3.63) is 0 Å². The minimum atomic E-state index is 0.466. The van der Waals surface area contributed by atoms with E-state index in [1.165, 1.54) is 45.2 Å². The van der Waals surface area contributed by atoms with Gasteiger partial charge < -0.3 is 5.32 Å². The van der Waals surface area contributed by atoms with E-state index in [1.54, 1.807) is 0 Å². The summed E-state index contributed by atoms with van der Waals surface area (Å²) in [6.07, 6.45) is 6.84. The van der Waals surface area contributed by atoms with Crippen LogP contribution in [-0.4, -0.2) is 36.1 Å². The molecule has 1 N–H and O–H groups in total. The molecular weight excluding hydrogens is 232 g/mol. The van der Waals surface area contributed by atoms with Crippen LogP contribution in [-0.2, 0) is 0 Å². The van der Waals surface area contributed by atoms with Gasteiger partial charge in [0, 0.05) is 31.2 Å². The fourth-order valence-corrected chi connectivity index (χ4v) is 3.58. The quantitative estimate of drug-likeness (QED) is 0.817. The molecule has 2 aliphatic rings. The van der Waals surface area contributed by atoms with Crippen LogP contribution in [0.3, 0.4) is 0 Å². The van der Waals surface area contributed by atoms with E-state index in [1.807, 2.05) is 0 Å². The van der Waals surface area contributed by atoms with Gasteiger partial charge in [-0.1, -0.05) is 27.7 Å². The third kappa shape index (κ3) is 5.07. The standard InChI is InChI=1S/C17H34N2/c1-6-13(2)19-11-14(10-17(3,4)5)9-16(12-19)18-15-7-8-15/h13-16,18H,6-12H2,1-5H3. The van der Waals surface area contributed by atoms with Crippen LogP contribution < -0.4 is 5.32 Å². The predicted molar refractivity (Wildman–Crippen MR) is 83.5 cm³/mol. The van der Waals surface area contributed by atoms with Gasteiger partial charge in [0.1, 0.15) is 0 Å². The Morgan fingerprint density at radius 3 is 2.37 bits per heavy atom. The fraction of sp³-hybridized carbons (Fsp3) is 1.00. The molecule has 0 aromatic heterocycles. The smallest absolute Gasteiger partial charge is 0.0200 e. The SMILES string of the molecule is CCC(C)N1CC(CC(C)(C)C)CC(NC2CC2)C1. The molecule has 3 unspecified atom stereocenters. The first kappa shape index (κ1) is 15.3. The summed E-state index contributed by atoms with van der Waals surface area (Å²) in [5.74, 6) is 0.874. The molecule has 2 rings (SSSR count). The molecule has 0 aromatic carbocycles. The zero-order valence-corrected chi connectivity index (χ0v) is 13.7. The van der Waals surface area contributed by atoms with E-state index in [4.69, 9.17) is 0 Å². The van der Waals surface area contributed by atoms with Crippen LogP contribution in [0.1, 0.15) is 66.7 Å². The molecular formula is C17H34N2. The van der Waals surface area contributed by atoms with Crippen LogP contribution in [0.5, 0.6) is 0 Å². The highest BCUT2D eigenvalue weighted by molar-refractivity contribution is 4.92. The molecule has 0 bridgehead atoms. The van der Waals surface area contributed by atoms with Crippen LogP contribution in [0.25, 0.3) is 0 Å². The summed E-state index contributed by atoms with van der Waals surface area (Å²) in [7, 11) is 0. The van der Waals surface area contributed by atoms with E-state index >= 15 is 0 Å². The highest BCUT2D eigenvalue weighted by Gasteiger charge is 2.34. The van der Waals surface area contributed by atoms with Crippen molar-refractivity contribution in [1.29, 1.82) is 0 Å². The van der Waals surface area contributed by atoms with E-state index in [0.29, 0.717) is 5.41 Å². The van der Waals surface area contributed by atoms with Crippen LogP contribution in [0.15, 0.2) is 0 Å². The van der Waals surface area contributed by atoms with E-state index in [2.05, 4.69) is 44.8 Å². The second kappa shape index (κ2) is 6.13. The number of hydrogen-bond donors (Lipinski definition) is 1. The number of nitrogens with one attached hydrogen (secondary N) is 1. The van der Waals surface area contributed by atoms with Crippen molar-refractivity contribution in [3.63, 3.8) is 0 Å². The van der Waals surface area contributed by atoms with Gasteiger partial charge >= 0.3 is 0 Å². The van der Waals surface area contributed by atoms with Crippen molar-refractivity contribution < 1.29 is 0 Å². The molecule has 1 heterocycles. The molecule has 0 amide bonds. The molecule has 19 heavy (non-hydrogen) atoms. The first-order valence-electron chi connectivity index (χ1n) is 8.37. The maximum Gasteiger partial charge on any atom is 0.0200 e. The number of nitrogens with zero attached hydrogens (tertiary/aromatic N) is 1. The summed E-state index contributed by atoms with van der Waals surface area (Å²) < 4.78 is 0. The van der Waals surface area contributed by atoms with Crippen molar-refractivity contribution in [3.8, 4) is 0 Å². The van der Waals surface area contributed by atoms with Gasteiger partial charge in [-0.25, -0.2) is 0 Å². The van der Waals surface area contributed by atoms with Crippen LogP contribution in [0.2, 0.25) is 0 Å². The third-order valence-electron chi connectivity index (χ3n) is 4.73. The Hall–Kier alpha value is -0.0800. The zero-order chi connectivity index (χ0) is 14.0. The summed E-state index contributed by atoms with van der Waals surface area (Å²) in [4.78, 5) is 2.74. The highest BCUT2D eigenvalue weighted by atomic mass is 15.2. The Morgan fingerprint density at radius 2 is 1.84 bits per heavy atom. The van der Waals surface area contributed by atoms with Gasteiger partial charge in [-0.2, -0.15) is 0 Å². The Kier molecular flexibility index (Phi) is 4.94. The van der Waals surface area contributed by atoms with E-state index in [0.717, 1.165) is 24.0 Å². The number of likely N-dealkylation sites (tertiary alicyclic amines) is 1. The summed E-state index contributed by atoms with van der Waals surface area (Å²) in [6.45, 7) is 14.5. The molecule has 2 fully saturated rings. The van der Waals surface area contributed by atoms with Crippen molar-refractivity contribution in [1.82, 2.24) is 10.2 Å². The second-order valence-corrected chi connectivity index (χ2v) is 8.22. The Labute approximate surface area is 120 Å². The van der Waals surface area contributed by atoms with Crippen LogP contribution in [0.4, 0.5) is 0 Å². The molecule has 1 saturated carbocycles. The van der Waals surface area contributed by atoms with Crippen molar-refractivity contribution in [2.75, 3.05) is 13.1 Å². The lowest BCUT2D eigenvalue weighted by atomic mass is 9.79. The van der Waals surface area contributed by atoms with E-state index in [-0.39, 0.29) is 0 Å². The predicted octanol–water partition coefficient (Wildman–Crippen LogP) is 3.66. The summed E-state index contributed by atoms with van der Waals surface area (Å²) in [6, 6.07) is 2.33. The monoisotopic (exact) mass is 266 g/mol. The van der Waals surface area contributed by atoms with E-state index < -0.39 is 0 Å². The van der Waals surface area contributed by atoms with Crippen molar-refractivity contribution >= 4 is 0 Å². The molecule has 2 nitrogen and oxygen atoms in total. The van der Waals surface area contributed by atoms with Gasteiger partial charge in [-0.3, -0.25) is 4.90 Å². The minimum Gasteiger partial charge on any atom is -0.310 e. The Bertz CT molecular complexity index is 277. The average Bonchev–Trinajstić information content (AvgIpc) is 3.09. The molecule has 1 saturated heterocycles. The highest BCUT2D eigenvalue weighted by Crippen LogP contribution is 2.32. The summed E-state index contributed by atoms with van der Waals surface area (Å²) in [5.41, 5.74) is 0.466. The molecule has 0 radical (unpaired) electrons. The topological polar surface area (TPSA) is 15.3 Å². The normalized spacial score (nSPS) is 31.4. The number of piperidine rings is 1. The van der Waals surface area contributed by atoms with E-state index in [9.17, 15) is 0 Å². The van der Waals surface area contributed by atoms with Gasteiger partial charge in [0.25, 0.3) is 0 Å². The fourth-order valence-electron chi connectivity index (χ4n) is 3.58. The maximum atomic E-state index is 3.88. The Morgan fingerprint density at radius 1 is 1.16 bits per heavy atom. The molecule has 3 atom stereocenters. The number of rotatable bonds is 5. The lowest BCUT2D eigenvalue weighted by Gasteiger charge is -2.43. The van der Waals surface area contributed by atoms with Gasteiger partial charge in [-0.15, -0.1) is 0 Å². The van der Waals surface area contributed by atoms with Gasteiger partial charge in [0.15, 0.2) is 0 Å². The van der Waals surface area contributed by atoms with Gasteiger partial charge in [0.05, 0.1) is 0 Å². The lowest BCUT2D eigenvalue weighted by Crippen LogP contribution is -2.52. The lowest BCUT2D eigenvalue weighted by molar-refractivity contribution is 0.0821. The van der Waals surface area contributed by atoms with Crippen LogP contribution in [0, 0.1) is 11.3 Å². The van der Waals surface area contributed by atoms with Crippen molar-refractivity contribution in [2.45, 2.75) is 84.8 Å². The summed E-state index contributed by atoms with van der Waals surface area (Å²) >= 11 is 0. The maximum absolute atomic E-state index is 3.88. The molecule has 2 heteroatoms. The molecule has 1 aliphatic carbocycles. The molecule has 0 spiro atoms. The minimum absolute atomic E-state index is 0.466. The molecule has 1 aliphatic heterocycles. The largest absolute Gasteiger partial charge is 0.310 e. The first-order valence-corrected chi connectivity index (χ1v) is 8.37. The third-order valence-corrected chi connectivity index (χ3v) is 4.73. The second-order valence-electron chi connectivity index (χ2n) is 8.22. The van der Waals surface area contributed by atoms with Gasteiger partial charge in [-0.05, 0) is 50.4 Å². The number of hydrogen-bond acceptors (Lipinski definition) is 2. The van der Waals surface area contributed by atoms with Crippen LogP contribution >= 0.6 is 0 Å². The van der Waals surface area contributed by atoms with Gasteiger partial charge in [0.2, 0.25) is 0 Å². The van der Waals surface area contributed by atoms with Crippen molar-refractivity contribution in [2.24, 2.45) is 11.3 Å². The summed E-state index contributed by atoms with van der Waals surface area (Å²) in [5, 5.41) is 3.88. The Balaban J connectivity index is 1.94. The average molecular weight is 266 g/mol. The zero-order valence-electron chi connectivity index (χ0n) is 13.7. The molecule has 112 valence electrons.